The van der Waals surface area contributed by atoms with Crippen LogP contribution in [0.2, 0.25) is 0 Å². The van der Waals surface area contributed by atoms with Crippen molar-refractivity contribution < 1.29 is 19.0 Å². The van der Waals surface area contributed by atoms with Gasteiger partial charge in [-0.05, 0) is 44.8 Å². The van der Waals surface area contributed by atoms with Crippen LogP contribution >= 0.6 is 0 Å². The Labute approximate surface area is 132 Å². The summed E-state index contributed by atoms with van der Waals surface area (Å²) in [4.78, 5) is 11.1. The molecule has 0 spiro atoms. The SMILES string of the molecule is C=C(C)CCOC1C=C(COC(C)=O)C2CCC(C)=C[C@H]2O1. The second-order valence-corrected chi connectivity index (χ2v) is 6.23. The molecule has 0 aromatic carbocycles. The first-order valence-corrected chi connectivity index (χ1v) is 7.88. The van der Waals surface area contributed by atoms with Crippen LogP contribution in [0.4, 0.5) is 0 Å². The molecule has 0 amide bonds. The van der Waals surface area contributed by atoms with Crippen molar-refractivity contribution in [1.82, 2.24) is 0 Å². The number of esters is 1. The Kier molecular flexibility index (Phi) is 5.98. The summed E-state index contributed by atoms with van der Waals surface area (Å²) >= 11 is 0. The molecule has 4 nitrogen and oxygen atoms in total. The lowest BCUT2D eigenvalue weighted by Gasteiger charge is -2.37. The highest BCUT2D eigenvalue weighted by atomic mass is 16.7. The molecule has 0 saturated carbocycles. The van der Waals surface area contributed by atoms with Crippen molar-refractivity contribution in [2.75, 3.05) is 13.2 Å². The van der Waals surface area contributed by atoms with Crippen LogP contribution in [0.15, 0.2) is 35.5 Å². The van der Waals surface area contributed by atoms with Crippen molar-refractivity contribution in [3.8, 4) is 0 Å². The molecule has 0 radical (unpaired) electrons. The number of carbonyl (C=O) groups is 1. The van der Waals surface area contributed by atoms with E-state index in [-0.39, 0.29) is 24.3 Å². The summed E-state index contributed by atoms with van der Waals surface area (Å²) in [6.45, 7) is 10.3. The van der Waals surface area contributed by atoms with Gasteiger partial charge in [-0.25, -0.2) is 0 Å². The van der Waals surface area contributed by atoms with Gasteiger partial charge in [0.05, 0.1) is 12.7 Å². The Morgan fingerprint density at radius 1 is 1.41 bits per heavy atom. The topological polar surface area (TPSA) is 44.8 Å². The van der Waals surface area contributed by atoms with E-state index in [2.05, 4.69) is 19.6 Å². The van der Waals surface area contributed by atoms with Crippen LogP contribution in [0.5, 0.6) is 0 Å². The number of hydrogen-bond acceptors (Lipinski definition) is 4. The van der Waals surface area contributed by atoms with E-state index in [1.807, 2.05) is 13.0 Å². The molecular weight excluding hydrogens is 280 g/mol. The van der Waals surface area contributed by atoms with E-state index in [1.54, 1.807) is 0 Å². The maximum absolute atomic E-state index is 11.1. The Morgan fingerprint density at radius 3 is 2.86 bits per heavy atom. The van der Waals surface area contributed by atoms with Crippen LogP contribution < -0.4 is 0 Å². The zero-order valence-corrected chi connectivity index (χ0v) is 13.8. The largest absolute Gasteiger partial charge is 0.461 e. The van der Waals surface area contributed by atoms with Crippen molar-refractivity contribution in [1.29, 1.82) is 0 Å². The molecule has 0 aromatic heterocycles. The molecule has 0 saturated heterocycles. The van der Waals surface area contributed by atoms with Crippen LogP contribution in [0.1, 0.15) is 40.0 Å². The molecule has 0 N–H and O–H groups in total. The molecule has 0 fully saturated rings. The summed E-state index contributed by atoms with van der Waals surface area (Å²) in [6.07, 6.45) is 6.67. The second kappa shape index (κ2) is 7.75. The fraction of sp³-hybridized carbons (Fsp3) is 0.611. The van der Waals surface area contributed by atoms with E-state index in [4.69, 9.17) is 14.2 Å². The van der Waals surface area contributed by atoms with E-state index in [1.165, 1.54) is 12.5 Å². The van der Waals surface area contributed by atoms with E-state index >= 15 is 0 Å². The molecule has 122 valence electrons. The monoisotopic (exact) mass is 306 g/mol. The fourth-order valence-electron chi connectivity index (χ4n) is 2.83. The van der Waals surface area contributed by atoms with Crippen molar-refractivity contribution in [2.24, 2.45) is 5.92 Å². The molecule has 1 aliphatic carbocycles. The second-order valence-electron chi connectivity index (χ2n) is 6.23. The van der Waals surface area contributed by atoms with E-state index in [0.717, 1.165) is 30.4 Å². The minimum atomic E-state index is -0.381. The molecular formula is C18H26O4. The van der Waals surface area contributed by atoms with Gasteiger partial charge < -0.3 is 14.2 Å². The van der Waals surface area contributed by atoms with Crippen molar-refractivity contribution >= 4 is 5.97 Å². The predicted octanol–water partition coefficient (Wildman–Crippen LogP) is 3.54. The maximum Gasteiger partial charge on any atom is 0.302 e. The molecule has 4 heteroatoms. The lowest BCUT2D eigenvalue weighted by Crippen LogP contribution is -2.38. The van der Waals surface area contributed by atoms with Gasteiger partial charge in [0.2, 0.25) is 0 Å². The van der Waals surface area contributed by atoms with Crippen LogP contribution in [-0.4, -0.2) is 31.6 Å². The molecule has 1 heterocycles. The highest BCUT2D eigenvalue weighted by Gasteiger charge is 2.34. The van der Waals surface area contributed by atoms with Gasteiger partial charge in [-0.2, -0.15) is 0 Å². The van der Waals surface area contributed by atoms with Crippen LogP contribution in [-0.2, 0) is 19.0 Å². The normalized spacial score (nSPS) is 27.5. The summed E-state index contributed by atoms with van der Waals surface area (Å²) in [5.74, 6) is 0.0234. The molecule has 22 heavy (non-hydrogen) atoms. The first-order chi connectivity index (χ1) is 10.5. The fourth-order valence-corrected chi connectivity index (χ4v) is 2.83. The van der Waals surface area contributed by atoms with Gasteiger partial charge in [-0.15, -0.1) is 6.58 Å². The minimum absolute atomic E-state index is 0.0131. The first kappa shape index (κ1) is 17.0. The Hall–Kier alpha value is -1.39. The molecule has 2 aliphatic rings. The van der Waals surface area contributed by atoms with Crippen LogP contribution in [0, 0.1) is 5.92 Å². The minimum Gasteiger partial charge on any atom is -0.461 e. The molecule has 1 aliphatic heterocycles. The van der Waals surface area contributed by atoms with Gasteiger partial charge in [-0.1, -0.05) is 17.2 Å². The zero-order valence-electron chi connectivity index (χ0n) is 13.8. The number of hydrogen-bond donors (Lipinski definition) is 0. The zero-order chi connectivity index (χ0) is 16.1. The van der Waals surface area contributed by atoms with Crippen molar-refractivity contribution in [2.45, 2.75) is 52.4 Å². The summed E-state index contributed by atoms with van der Waals surface area (Å²) in [7, 11) is 0. The average molecular weight is 306 g/mol. The van der Waals surface area contributed by atoms with Gasteiger partial charge >= 0.3 is 5.97 Å². The number of carbonyl (C=O) groups excluding carboxylic acids is 1. The van der Waals surface area contributed by atoms with Gasteiger partial charge in [0, 0.05) is 12.8 Å². The molecule has 2 unspecified atom stereocenters. The predicted molar refractivity (Wildman–Crippen MR) is 85.2 cm³/mol. The lowest BCUT2D eigenvalue weighted by molar-refractivity contribution is -0.153. The lowest BCUT2D eigenvalue weighted by atomic mass is 9.81. The Morgan fingerprint density at radius 2 is 2.18 bits per heavy atom. The summed E-state index contributed by atoms with van der Waals surface area (Å²) in [5, 5.41) is 0. The third-order valence-electron chi connectivity index (χ3n) is 4.07. The summed E-state index contributed by atoms with van der Waals surface area (Å²) in [6, 6.07) is 0. The Bertz CT molecular complexity index is 489. The molecule has 2 rings (SSSR count). The smallest absolute Gasteiger partial charge is 0.302 e. The van der Waals surface area contributed by atoms with Gasteiger partial charge in [0.25, 0.3) is 0 Å². The molecule has 0 bridgehead atoms. The maximum atomic E-state index is 11.1. The number of rotatable bonds is 6. The van der Waals surface area contributed by atoms with Gasteiger partial charge in [-0.3, -0.25) is 4.79 Å². The van der Waals surface area contributed by atoms with Crippen LogP contribution in [0.3, 0.4) is 0 Å². The van der Waals surface area contributed by atoms with Gasteiger partial charge in [0.15, 0.2) is 6.29 Å². The third-order valence-corrected chi connectivity index (χ3v) is 4.07. The Balaban J connectivity index is 2.05. The molecule has 3 atom stereocenters. The van der Waals surface area contributed by atoms with Gasteiger partial charge in [0.1, 0.15) is 6.61 Å². The molecule has 0 aromatic rings. The van der Waals surface area contributed by atoms with Crippen molar-refractivity contribution in [3.05, 3.63) is 35.5 Å². The highest BCUT2D eigenvalue weighted by Crippen LogP contribution is 2.36. The van der Waals surface area contributed by atoms with Crippen molar-refractivity contribution in [3.63, 3.8) is 0 Å². The van der Waals surface area contributed by atoms with E-state index in [0.29, 0.717) is 13.2 Å². The summed E-state index contributed by atoms with van der Waals surface area (Å²) < 4.78 is 17.0. The standard InChI is InChI=1S/C18H26O4/c1-12(2)7-8-20-18-10-15(11-21-14(4)19)16-6-5-13(3)9-17(16)22-18/h9-10,16-18H,1,5-8,11H2,2-4H3/t16?,17-,18?/m1/s1. The average Bonchev–Trinajstić information content (AvgIpc) is 2.43. The quantitative estimate of drug-likeness (QED) is 0.556. The van der Waals surface area contributed by atoms with E-state index < -0.39 is 0 Å². The van der Waals surface area contributed by atoms with E-state index in [9.17, 15) is 4.79 Å². The third kappa shape index (κ3) is 4.82. The number of ether oxygens (including phenoxy) is 3. The number of fused-ring (bicyclic) bond motifs is 1. The number of allylic oxidation sites excluding steroid dienone is 1. The highest BCUT2D eigenvalue weighted by molar-refractivity contribution is 5.66. The van der Waals surface area contributed by atoms with Crippen LogP contribution in [0.25, 0.3) is 0 Å². The summed E-state index contributed by atoms with van der Waals surface area (Å²) in [5.41, 5.74) is 3.54. The first-order valence-electron chi connectivity index (χ1n) is 7.88.